The number of fused-ring (bicyclic) bond motifs is 1. The van der Waals surface area contributed by atoms with Gasteiger partial charge in [0.25, 0.3) is 0 Å². The number of nitrogens with zero attached hydrogens (tertiary/aromatic N) is 6. The number of aromatic nitrogens is 5. The second kappa shape index (κ2) is 8.07. The summed E-state index contributed by atoms with van der Waals surface area (Å²) in [5.74, 6) is 0.557. The monoisotopic (exact) mass is 445 g/mol. The van der Waals surface area contributed by atoms with Gasteiger partial charge in [0, 0.05) is 24.7 Å². The summed E-state index contributed by atoms with van der Waals surface area (Å²) < 4.78 is 39.9. The summed E-state index contributed by atoms with van der Waals surface area (Å²) in [6.45, 7) is 0.861. The zero-order valence-electron chi connectivity index (χ0n) is 15.7. The van der Waals surface area contributed by atoms with Gasteiger partial charge in [0.15, 0.2) is 16.6 Å². The van der Waals surface area contributed by atoms with Crippen LogP contribution in [0.1, 0.15) is 10.4 Å². The summed E-state index contributed by atoms with van der Waals surface area (Å²) in [6, 6.07) is 8.36. The zero-order chi connectivity index (χ0) is 22.0. The van der Waals surface area contributed by atoms with Crippen molar-refractivity contribution >= 4 is 33.9 Å². The Balaban J connectivity index is 1.50. The van der Waals surface area contributed by atoms with Gasteiger partial charge in [-0.2, -0.15) is 28.0 Å². The van der Waals surface area contributed by atoms with Crippen LogP contribution in [0.2, 0.25) is 0 Å². The standard InChI is InChI=1S/C18H14F3N9S/c19-18(20,21)11-3-1-10(2-4-11)12-7-14-26-9-27-30(14)16(28-12)24-5-6-25-17-29-15(23)13(8-22)31-17/h1-4,7,9H,5-6,23H2,(H,24,28)(H,25,29). The maximum atomic E-state index is 12.8. The summed E-state index contributed by atoms with van der Waals surface area (Å²) in [5, 5.41) is 19.7. The molecule has 4 rings (SSSR count). The molecule has 0 saturated heterocycles. The molecule has 9 nitrogen and oxygen atoms in total. The third kappa shape index (κ3) is 4.33. The molecule has 0 spiro atoms. The van der Waals surface area contributed by atoms with Gasteiger partial charge in [-0.1, -0.05) is 23.5 Å². The van der Waals surface area contributed by atoms with E-state index in [2.05, 4.69) is 30.7 Å². The van der Waals surface area contributed by atoms with Crippen LogP contribution in [-0.4, -0.2) is 37.7 Å². The number of anilines is 3. The van der Waals surface area contributed by atoms with Crippen molar-refractivity contribution in [1.82, 2.24) is 24.6 Å². The van der Waals surface area contributed by atoms with Crippen molar-refractivity contribution in [2.24, 2.45) is 0 Å². The highest BCUT2D eigenvalue weighted by atomic mass is 32.1. The number of nitrogens with one attached hydrogen (secondary N) is 2. The molecular weight excluding hydrogens is 431 g/mol. The highest BCUT2D eigenvalue weighted by molar-refractivity contribution is 7.16. The molecule has 0 bridgehead atoms. The predicted octanol–water partition coefficient (Wildman–Crippen LogP) is 3.24. The molecule has 4 N–H and O–H groups in total. The number of alkyl halides is 3. The number of nitrogen functional groups attached to an aromatic ring is 1. The molecule has 4 aromatic rings. The van der Waals surface area contributed by atoms with Gasteiger partial charge in [0.2, 0.25) is 5.95 Å². The molecule has 13 heteroatoms. The predicted molar refractivity (Wildman–Crippen MR) is 109 cm³/mol. The van der Waals surface area contributed by atoms with Crippen molar-refractivity contribution in [3.63, 3.8) is 0 Å². The third-order valence-corrected chi connectivity index (χ3v) is 5.15. The van der Waals surface area contributed by atoms with Crippen molar-refractivity contribution in [1.29, 1.82) is 5.26 Å². The number of nitriles is 1. The molecule has 31 heavy (non-hydrogen) atoms. The fourth-order valence-corrected chi connectivity index (χ4v) is 3.46. The van der Waals surface area contributed by atoms with Crippen LogP contribution in [0.5, 0.6) is 0 Å². The van der Waals surface area contributed by atoms with Crippen LogP contribution >= 0.6 is 11.3 Å². The second-order valence-electron chi connectivity index (χ2n) is 6.27. The van der Waals surface area contributed by atoms with Crippen molar-refractivity contribution in [2.45, 2.75) is 6.18 Å². The minimum atomic E-state index is -4.40. The second-order valence-corrected chi connectivity index (χ2v) is 7.27. The van der Waals surface area contributed by atoms with Crippen LogP contribution in [0.3, 0.4) is 0 Å². The Kier molecular flexibility index (Phi) is 5.30. The van der Waals surface area contributed by atoms with Gasteiger partial charge >= 0.3 is 6.18 Å². The largest absolute Gasteiger partial charge is 0.416 e. The van der Waals surface area contributed by atoms with Gasteiger partial charge in [-0.15, -0.1) is 0 Å². The van der Waals surface area contributed by atoms with E-state index in [0.29, 0.717) is 46.0 Å². The van der Waals surface area contributed by atoms with Gasteiger partial charge in [0.05, 0.1) is 11.3 Å². The van der Waals surface area contributed by atoms with E-state index >= 15 is 0 Å². The summed E-state index contributed by atoms with van der Waals surface area (Å²) in [4.78, 5) is 13.0. The average Bonchev–Trinajstić information content (AvgIpc) is 3.36. The first-order valence-corrected chi connectivity index (χ1v) is 9.69. The van der Waals surface area contributed by atoms with Gasteiger partial charge < -0.3 is 16.4 Å². The number of hydrogen-bond acceptors (Lipinski definition) is 9. The molecule has 1 aromatic carbocycles. The minimum absolute atomic E-state index is 0.179. The topological polar surface area (TPSA) is 130 Å². The number of hydrogen-bond donors (Lipinski definition) is 3. The summed E-state index contributed by atoms with van der Waals surface area (Å²) in [5.41, 5.74) is 6.37. The SMILES string of the molecule is N#Cc1sc(NCCNc2nc(-c3ccc(C(F)(F)F)cc3)cc3ncnn23)nc1N. The van der Waals surface area contributed by atoms with Crippen molar-refractivity contribution in [2.75, 3.05) is 29.5 Å². The molecule has 0 unspecified atom stereocenters. The average molecular weight is 445 g/mol. The molecule has 0 aliphatic carbocycles. The Bertz CT molecular complexity index is 1260. The van der Waals surface area contributed by atoms with Crippen LogP contribution in [0.15, 0.2) is 36.7 Å². The normalized spacial score (nSPS) is 11.4. The van der Waals surface area contributed by atoms with Gasteiger partial charge in [-0.3, -0.25) is 0 Å². The van der Waals surface area contributed by atoms with E-state index in [4.69, 9.17) is 11.0 Å². The zero-order valence-corrected chi connectivity index (χ0v) is 16.5. The van der Waals surface area contributed by atoms with Crippen LogP contribution in [0.4, 0.5) is 30.1 Å². The van der Waals surface area contributed by atoms with Crippen LogP contribution in [0, 0.1) is 11.3 Å². The lowest BCUT2D eigenvalue weighted by atomic mass is 10.1. The van der Waals surface area contributed by atoms with E-state index < -0.39 is 11.7 Å². The molecule has 3 aromatic heterocycles. The lowest BCUT2D eigenvalue weighted by molar-refractivity contribution is -0.137. The highest BCUT2D eigenvalue weighted by Crippen LogP contribution is 2.31. The minimum Gasteiger partial charge on any atom is -0.382 e. The first kappa shape index (κ1) is 20.4. The van der Waals surface area contributed by atoms with Gasteiger partial charge in [-0.25, -0.2) is 15.0 Å². The lowest BCUT2D eigenvalue weighted by Crippen LogP contribution is -2.16. The molecule has 0 amide bonds. The van der Waals surface area contributed by atoms with Crippen molar-refractivity contribution in [3.8, 4) is 17.3 Å². The summed E-state index contributed by atoms with van der Waals surface area (Å²) in [7, 11) is 0. The van der Waals surface area contributed by atoms with Gasteiger partial charge in [-0.05, 0) is 12.1 Å². The molecule has 0 aliphatic heterocycles. The maximum absolute atomic E-state index is 12.8. The number of benzene rings is 1. The fraction of sp³-hybridized carbons (Fsp3) is 0.167. The van der Waals surface area contributed by atoms with Gasteiger partial charge in [0.1, 0.15) is 17.3 Å². The summed E-state index contributed by atoms with van der Waals surface area (Å²) >= 11 is 1.15. The lowest BCUT2D eigenvalue weighted by Gasteiger charge is -2.11. The molecule has 0 radical (unpaired) electrons. The third-order valence-electron chi connectivity index (χ3n) is 4.21. The summed E-state index contributed by atoms with van der Waals surface area (Å²) in [6.07, 6.45) is -3.04. The number of nitrogens with two attached hydrogens (primary N) is 1. The quantitative estimate of drug-likeness (QED) is 0.386. The van der Waals surface area contributed by atoms with E-state index in [-0.39, 0.29) is 5.82 Å². The van der Waals surface area contributed by atoms with Crippen LogP contribution in [0.25, 0.3) is 16.9 Å². The first-order valence-electron chi connectivity index (χ1n) is 8.87. The molecule has 0 atom stereocenters. The molecular formula is C18H14F3N9S. The number of rotatable bonds is 6. The van der Waals surface area contributed by atoms with Crippen LogP contribution in [-0.2, 0) is 6.18 Å². The Labute approximate surface area is 177 Å². The number of halogens is 3. The number of thiazole rings is 1. The molecule has 3 heterocycles. The smallest absolute Gasteiger partial charge is 0.382 e. The highest BCUT2D eigenvalue weighted by Gasteiger charge is 2.30. The molecule has 0 fully saturated rings. The van der Waals surface area contributed by atoms with Crippen molar-refractivity contribution < 1.29 is 13.2 Å². The molecule has 0 saturated carbocycles. The van der Waals surface area contributed by atoms with E-state index in [0.717, 1.165) is 23.5 Å². The Morgan fingerprint density at radius 3 is 2.55 bits per heavy atom. The molecule has 0 aliphatic rings. The Hall–Kier alpha value is -3.92. The Morgan fingerprint density at radius 1 is 1.13 bits per heavy atom. The van der Waals surface area contributed by atoms with Crippen molar-refractivity contribution in [3.05, 3.63) is 47.1 Å². The van der Waals surface area contributed by atoms with E-state index in [9.17, 15) is 13.2 Å². The van der Waals surface area contributed by atoms with E-state index in [1.165, 1.54) is 23.0 Å². The van der Waals surface area contributed by atoms with E-state index in [1.807, 2.05) is 6.07 Å². The fourth-order valence-electron chi connectivity index (χ4n) is 2.75. The Morgan fingerprint density at radius 2 is 1.87 bits per heavy atom. The van der Waals surface area contributed by atoms with E-state index in [1.54, 1.807) is 6.07 Å². The first-order chi connectivity index (χ1) is 14.8. The van der Waals surface area contributed by atoms with Crippen LogP contribution < -0.4 is 16.4 Å². The molecule has 158 valence electrons. The maximum Gasteiger partial charge on any atom is 0.416 e.